The highest BCUT2D eigenvalue weighted by Crippen LogP contribution is 2.28. The van der Waals surface area contributed by atoms with E-state index in [1.807, 2.05) is 13.8 Å². The van der Waals surface area contributed by atoms with Gasteiger partial charge in [0.1, 0.15) is 5.69 Å². The molecule has 1 unspecified atom stereocenters. The Labute approximate surface area is 119 Å². The number of benzene rings is 1. The summed E-state index contributed by atoms with van der Waals surface area (Å²) < 4.78 is 0.580. The molecule has 1 aromatic rings. The van der Waals surface area contributed by atoms with Crippen LogP contribution in [0.1, 0.15) is 20.3 Å². The number of carbonyl (C=O) groups excluding carboxylic acids is 1. The summed E-state index contributed by atoms with van der Waals surface area (Å²) >= 11 is 3.15. The van der Waals surface area contributed by atoms with Crippen molar-refractivity contribution in [2.45, 2.75) is 26.3 Å². The minimum Gasteiger partial charge on any atom is -0.327 e. The average molecular weight is 330 g/mol. The Bertz CT molecular complexity index is 491. The SMILES string of the molecule is CC(C)C(N)CC(=O)Nc1ccc(Br)cc1[N+](=O)[O-]. The average Bonchev–Trinajstić information content (AvgIpc) is 2.30. The van der Waals surface area contributed by atoms with Crippen LogP contribution in [0.4, 0.5) is 11.4 Å². The second-order valence-electron chi connectivity index (χ2n) is 4.58. The van der Waals surface area contributed by atoms with E-state index in [9.17, 15) is 14.9 Å². The van der Waals surface area contributed by atoms with Crippen LogP contribution < -0.4 is 11.1 Å². The summed E-state index contributed by atoms with van der Waals surface area (Å²) in [6, 6.07) is 4.19. The zero-order chi connectivity index (χ0) is 14.6. The molecule has 0 fully saturated rings. The molecule has 0 aliphatic heterocycles. The van der Waals surface area contributed by atoms with Crippen LogP contribution in [0, 0.1) is 16.0 Å². The van der Waals surface area contributed by atoms with Crippen LogP contribution in [0.2, 0.25) is 0 Å². The topological polar surface area (TPSA) is 98.3 Å². The molecule has 1 amide bonds. The predicted octanol–water partition coefficient (Wildman–Crippen LogP) is 2.67. The molecule has 0 spiro atoms. The van der Waals surface area contributed by atoms with Crippen molar-refractivity contribution in [1.29, 1.82) is 0 Å². The number of hydrogen-bond acceptors (Lipinski definition) is 4. The van der Waals surface area contributed by atoms with Gasteiger partial charge in [0.25, 0.3) is 5.69 Å². The van der Waals surface area contributed by atoms with Gasteiger partial charge in [0.15, 0.2) is 0 Å². The standard InChI is InChI=1S/C12H16BrN3O3/c1-7(2)9(14)6-12(17)15-10-4-3-8(13)5-11(10)16(18)19/h3-5,7,9H,6,14H2,1-2H3,(H,15,17). The second kappa shape index (κ2) is 6.63. The van der Waals surface area contributed by atoms with E-state index in [0.29, 0.717) is 4.47 Å². The molecule has 0 saturated carbocycles. The minimum absolute atomic E-state index is 0.130. The van der Waals surface area contributed by atoms with E-state index in [0.717, 1.165) is 0 Å². The molecule has 0 aromatic heterocycles. The Hall–Kier alpha value is -1.47. The second-order valence-corrected chi connectivity index (χ2v) is 5.49. The lowest BCUT2D eigenvalue weighted by atomic mass is 10.0. The number of halogens is 1. The van der Waals surface area contributed by atoms with Crippen LogP contribution in [0.5, 0.6) is 0 Å². The fourth-order valence-corrected chi connectivity index (χ4v) is 1.76. The Morgan fingerprint density at radius 1 is 1.53 bits per heavy atom. The molecule has 6 nitrogen and oxygen atoms in total. The van der Waals surface area contributed by atoms with Crippen molar-refractivity contribution in [3.05, 3.63) is 32.8 Å². The maximum absolute atomic E-state index is 11.8. The molecule has 1 atom stereocenters. The van der Waals surface area contributed by atoms with Crippen molar-refractivity contribution in [1.82, 2.24) is 0 Å². The maximum atomic E-state index is 11.8. The third kappa shape index (κ3) is 4.60. The number of nitrogens with two attached hydrogens (primary N) is 1. The van der Waals surface area contributed by atoms with Crippen LogP contribution in [0.25, 0.3) is 0 Å². The smallest absolute Gasteiger partial charge is 0.293 e. The quantitative estimate of drug-likeness (QED) is 0.640. The number of nitro groups is 1. The number of anilines is 1. The zero-order valence-corrected chi connectivity index (χ0v) is 12.3. The van der Waals surface area contributed by atoms with Crippen molar-refractivity contribution in [2.24, 2.45) is 11.7 Å². The molecule has 1 rings (SSSR count). The van der Waals surface area contributed by atoms with Crippen LogP contribution in [-0.2, 0) is 4.79 Å². The normalized spacial score (nSPS) is 12.3. The fourth-order valence-electron chi connectivity index (χ4n) is 1.41. The van der Waals surface area contributed by atoms with Crippen LogP contribution >= 0.6 is 15.9 Å². The van der Waals surface area contributed by atoms with Crippen molar-refractivity contribution >= 4 is 33.2 Å². The van der Waals surface area contributed by atoms with E-state index in [4.69, 9.17) is 5.73 Å². The highest BCUT2D eigenvalue weighted by atomic mass is 79.9. The number of amides is 1. The maximum Gasteiger partial charge on any atom is 0.293 e. The monoisotopic (exact) mass is 329 g/mol. The first-order valence-electron chi connectivity index (χ1n) is 5.80. The molecule has 3 N–H and O–H groups in total. The van der Waals surface area contributed by atoms with Gasteiger partial charge in [0, 0.05) is 23.0 Å². The number of nitro benzene ring substituents is 1. The first-order valence-corrected chi connectivity index (χ1v) is 6.60. The number of nitrogens with one attached hydrogen (secondary N) is 1. The molecule has 0 aliphatic carbocycles. The Morgan fingerprint density at radius 3 is 2.68 bits per heavy atom. The molecular weight excluding hydrogens is 314 g/mol. The summed E-state index contributed by atoms with van der Waals surface area (Å²) in [4.78, 5) is 22.1. The molecule has 1 aromatic carbocycles. The van der Waals surface area contributed by atoms with Gasteiger partial charge in [0.05, 0.1) is 4.92 Å². The van der Waals surface area contributed by atoms with Gasteiger partial charge in [-0.1, -0.05) is 29.8 Å². The van der Waals surface area contributed by atoms with Crippen LogP contribution in [0.3, 0.4) is 0 Å². The summed E-state index contributed by atoms with van der Waals surface area (Å²) in [6.45, 7) is 3.83. The summed E-state index contributed by atoms with van der Waals surface area (Å²) in [5, 5.41) is 13.4. The van der Waals surface area contributed by atoms with E-state index in [-0.39, 0.29) is 35.7 Å². The van der Waals surface area contributed by atoms with Crippen molar-refractivity contribution in [3.8, 4) is 0 Å². The first-order chi connectivity index (χ1) is 8.81. The number of hydrogen-bond donors (Lipinski definition) is 2. The van der Waals surface area contributed by atoms with Gasteiger partial charge in [0.2, 0.25) is 5.91 Å². The lowest BCUT2D eigenvalue weighted by Crippen LogP contribution is -2.31. The van der Waals surface area contributed by atoms with Gasteiger partial charge >= 0.3 is 0 Å². The molecule has 0 aliphatic rings. The zero-order valence-electron chi connectivity index (χ0n) is 10.7. The van der Waals surface area contributed by atoms with Crippen LogP contribution in [0.15, 0.2) is 22.7 Å². The largest absolute Gasteiger partial charge is 0.327 e. The molecule has 19 heavy (non-hydrogen) atoms. The van der Waals surface area contributed by atoms with Crippen molar-refractivity contribution < 1.29 is 9.72 Å². The molecule has 0 heterocycles. The Kier molecular flexibility index (Phi) is 5.44. The number of carbonyl (C=O) groups is 1. The van der Waals surface area contributed by atoms with Gasteiger partial charge in [-0.3, -0.25) is 14.9 Å². The lowest BCUT2D eigenvalue weighted by molar-refractivity contribution is -0.384. The van der Waals surface area contributed by atoms with E-state index in [2.05, 4.69) is 21.2 Å². The fraction of sp³-hybridized carbons (Fsp3) is 0.417. The minimum atomic E-state index is -0.539. The van der Waals surface area contributed by atoms with Crippen molar-refractivity contribution in [2.75, 3.05) is 5.32 Å². The molecular formula is C12H16BrN3O3. The highest BCUT2D eigenvalue weighted by molar-refractivity contribution is 9.10. The Morgan fingerprint density at radius 2 is 2.16 bits per heavy atom. The van der Waals surface area contributed by atoms with Gasteiger partial charge in [-0.25, -0.2) is 0 Å². The molecule has 0 radical (unpaired) electrons. The van der Waals surface area contributed by atoms with Gasteiger partial charge in [-0.05, 0) is 18.1 Å². The van der Waals surface area contributed by atoms with E-state index < -0.39 is 4.92 Å². The summed E-state index contributed by atoms with van der Waals surface area (Å²) in [5.41, 5.74) is 5.81. The summed E-state index contributed by atoms with van der Waals surface area (Å²) in [7, 11) is 0. The molecule has 104 valence electrons. The predicted molar refractivity (Wildman–Crippen MR) is 76.9 cm³/mol. The third-order valence-electron chi connectivity index (χ3n) is 2.71. The highest BCUT2D eigenvalue weighted by Gasteiger charge is 2.18. The van der Waals surface area contributed by atoms with Gasteiger partial charge in [-0.15, -0.1) is 0 Å². The van der Waals surface area contributed by atoms with Gasteiger partial charge in [-0.2, -0.15) is 0 Å². The van der Waals surface area contributed by atoms with E-state index >= 15 is 0 Å². The van der Waals surface area contributed by atoms with Gasteiger partial charge < -0.3 is 11.1 Å². The third-order valence-corrected chi connectivity index (χ3v) is 3.20. The number of nitrogens with zero attached hydrogens (tertiary/aromatic N) is 1. The van der Waals surface area contributed by atoms with E-state index in [1.165, 1.54) is 12.1 Å². The van der Waals surface area contributed by atoms with Crippen molar-refractivity contribution in [3.63, 3.8) is 0 Å². The lowest BCUT2D eigenvalue weighted by Gasteiger charge is -2.15. The molecule has 7 heteroatoms. The summed E-state index contributed by atoms with van der Waals surface area (Å²) in [6.07, 6.45) is 0.130. The summed E-state index contributed by atoms with van der Waals surface area (Å²) in [5.74, 6) is -0.155. The Balaban J connectivity index is 2.82. The van der Waals surface area contributed by atoms with E-state index in [1.54, 1.807) is 6.07 Å². The van der Waals surface area contributed by atoms with Crippen LogP contribution in [-0.4, -0.2) is 16.9 Å². The first kappa shape index (κ1) is 15.6. The molecule has 0 bridgehead atoms. The number of rotatable bonds is 5. The molecule has 0 saturated heterocycles.